The number of halogens is 3. The summed E-state index contributed by atoms with van der Waals surface area (Å²) in [5.74, 6) is 0. The highest BCUT2D eigenvalue weighted by Crippen LogP contribution is 2.26. The molecule has 0 bridgehead atoms. The van der Waals surface area contributed by atoms with Crippen LogP contribution in [-0.4, -0.2) is 9.97 Å². The van der Waals surface area contributed by atoms with Crippen molar-refractivity contribution in [3.8, 4) is 0 Å². The van der Waals surface area contributed by atoms with Crippen molar-refractivity contribution in [2.45, 2.75) is 0 Å². The number of hydrogen-bond acceptors (Lipinski definition) is 2. The lowest BCUT2D eigenvalue weighted by Gasteiger charge is -2.01. The van der Waals surface area contributed by atoms with Gasteiger partial charge in [0.2, 0.25) is 0 Å². The average Bonchev–Trinajstić information content (AvgIpc) is 2.10. The van der Waals surface area contributed by atoms with Gasteiger partial charge in [0.15, 0.2) is 0 Å². The normalized spacial score (nSPS) is 10.8. The molecular formula is C8H3Cl3N2O. The largest absolute Gasteiger partial charge is 0.327 e. The van der Waals surface area contributed by atoms with Crippen molar-refractivity contribution in [3.05, 3.63) is 37.9 Å². The molecule has 0 atom stereocenters. The monoisotopic (exact) mass is 248 g/mol. The van der Waals surface area contributed by atoms with Crippen LogP contribution in [0, 0.1) is 0 Å². The third-order valence-electron chi connectivity index (χ3n) is 1.76. The standard InChI is InChI=1S/C8H3Cl3N2O/c9-4-2-12-8(14)6-3(4)1-5(10)13-7(6)11/h1-2H,(H,12,14). The summed E-state index contributed by atoms with van der Waals surface area (Å²) in [6, 6.07) is 1.50. The second-order valence-electron chi connectivity index (χ2n) is 2.62. The summed E-state index contributed by atoms with van der Waals surface area (Å²) < 4.78 is 0. The Balaban J connectivity index is 3.08. The maximum atomic E-state index is 11.4. The van der Waals surface area contributed by atoms with E-state index in [9.17, 15) is 4.79 Å². The first kappa shape index (κ1) is 9.77. The van der Waals surface area contributed by atoms with E-state index in [-0.39, 0.29) is 21.3 Å². The first-order valence-corrected chi connectivity index (χ1v) is 4.76. The number of nitrogens with one attached hydrogen (secondary N) is 1. The van der Waals surface area contributed by atoms with E-state index in [4.69, 9.17) is 34.8 Å². The molecule has 0 spiro atoms. The van der Waals surface area contributed by atoms with Crippen LogP contribution in [0.15, 0.2) is 17.1 Å². The van der Waals surface area contributed by atoms with Gasteiger partial charge in [-0.3, -0.25) is 4.79 Å². The molecule has 0 amide bonds. The fraction of sp³-hybridized carbons (Fsp3) is 0. The predicted molar refractivity (Wildman–Crippen MR) is 57.4 cm³/mol. The Bertz CT molecular complexity index is 564. The zero-order chi connectivity index (χ0) is 10.3. The molecule has 0 radical (unpaired) electrons. The van der Waals surface area contributed by atoms with E-state index in [1.54, 1.807) is 0 Å². The van der Waals surface area contributed by atoms with Gasteiger partial charge in [0.25, 0.3) is 5.56 Å². The Morgan fingerprint density at radius 3 is 2.71 bits per heavy atom. The molecule has 2 rings (SSSR count). The summed E-state index contributed by atoms with van der Waals surface area (Å²) in [4.78, 5) is 17.6. The number of fused-ring (bicyclic) bond motifs is 1. The minimum absolute atomic E-state index is 0.0521. The molecule has 0 unspecified atom stereocenters. The Labute approximate surface area is 93.6 Å². The number of pyridine rings is 2. The van der Waals surface area contributed by atoms with Crippen LogP contribution in [0.3, 0.4) is 0 Å². The molecule has 14 heavy (non-hydrogen) atoms. The van der Waals surface area contributed by atoms with Crippen molar-refractivity contribution in [1.82, 2.24) is 9.97 Å². The van der Waals surface area contributed by atoms with E-state index >= 15 is 0 Å². The molecule has 72 valence electrons. The molecule has 2 heterocycles. The second-order valence-corrected chi connectivity index (χ2v) is 3.78. The molecule has 0 aliphatic heterocycles. The fourth-order valence-corrected chi connectivity index (χ4v) is 1.89. The van der Waals surface area contributed by atoms with E-state index in [2.05, 4.69) is 9.97 Å². The van der Waals surface area contributed by atoms with E-state index < -0.39 is 0 Å². The van der Waals surface area contributed by atoms with Crippen molar-refractivity contribution in [3.63, 3.8) is 0 Å². The Kier molecular flexibility index (Phi) is 2.39. The Morgan fingerprint density at radius 2 is 2.00 bits per heavy atom. The summed E-state index contributed by atoms with van der Waals surface area (Å²) in [6.07, 6.45) is 1.39. The molecule has 1 N–H and O–H groups in total. The minimum Gasteiger partial charge on any atom is -0.327 e. The second kappa shape index (κ2) is 3.42. The van der Waals surface area contributed by atoms with E-state index in [0.29, 0.717) is 10.4 Å². The van der Waals surface area contributed by atoms with Gasteiger partial charge in [-0.1, -0.05) is 34.8 Å². The van der Waals surface area contributed by atoms with Crippen LogP contribution in [0.2, 0.25) is 15.3 Å². The number of nitrogens with zero attached hydrogens (tertiary/aromatic N) is 1. The van der Waals surface area contributed by atoms with Gasteiger partial charge in [0, 0.05) is 11.6 Å². The van der Waals surface area contributed by atoms with Crippen LogP contribution in [0.25, 0.3) is 10.8 Å². The summed E-state index contributed by atoms with van der Waals surface area (Å²) in [5, 5.41) is 1.39. The van der Waals surface area contributed by atoms with Crippen LogP contribution in [-0.2, 0) is 0 Å². The SMILES string of the molecule is O=c1[nH]cc(Cl)c2cc(Cl)nc(Cl)c12. The summed E-state index contributed by atoms with van der Waals surface area (Å²) in [7, 11) is 0. The van der Waals surface area contributed by atoms with Crippen LogP contribution in [0.5, 0.6) is 0 Å². The van der Waals surface area contributed by atoms with E-state index in [1.807, 2.05) is 0 Å². The van der Waals surface area contributed by atoms with Crippen molar-refractivity contribution in [2.24, 2.45) is 0 Å². The van der Waals surface area contributed by atoms with Crippen molar-refractivity contribution < 1.29 is 0 Å². The molecule has 0 saturated carbocycles. The van der Waals surface area contributed by atoms with Crippen LogP contribution >= 0.6 is 34.8 Å². The van der Waals surface area contributed by atoms with Gasteiger partial charge in [-0.2, -0.15) is 0 Å². The van der Waals surface area contributed by atoms with Gasteiger partial charge in [0.1, 0.15) is 10.3 Å². The molecule has 3 nitrogen and oxygen atoms in total. The van der Waals surface area contributed by atoms with Crippen molar-refractivity contribution >= 4 is 45.6 Å². The number of aromatic amines is 1. The van der Waals surface area contributed by atoms with Crippen molar-refractivity contribution in [1.29, 1.82) is 0 Å². The lowest BCUT2D eigenvalue weighted by molar-refractivity contribution is 1.26. The average molecular weight is 249 g/mol. The van der Waals surface area contributed by atoms with Crippen LogP contribution in [0.1, 0.15) is 0 Å². The lowest BCUT2D eigenvalue weighted by Crippen LogP contribution is -2.06. The Morgan fingerprint density at radius 1 is 1.29 bits per heavy atom. The highest BCUT2D eigenvalue weighted by atomic mass is 35.5. The summed E-state index contributed by atoms with van der Waals surface area (Å²) >= 11 is 17.3. The lowest BCUT2D eigenvalue weighted by atomic mass is 10.2. The molecule has 0 fully saturated rings. The summed E-state index contributed by atoms with van der Waals surface area (Å²) in [6.45, 7) is 0. The third kappa shape index (κ3) is 1.47. The fourth-order valence-electron chi connectivity index (χ4n) is 1.17. The molecule has 0 saturated heterocycles. The molecular weight excluding hydrogens is 246 g/mol. The first-order valence-electron chi connectivity index (χ1n) is 3.62. The molecule has 2 aromatic heterocycles. The number of hydrogen-bond donors (Lipinski definition) is 1. The Hall–Kier alpha value is -0.770. The summed E-state index contributed by atoms with van der Waals surface area (Å²) in [5.41, 5.74) is -0.335. The van der Waals surface area contributed by atoms with Gasteiger partial charge in [-0.25, -0.2) is 4.98 Å². The molecule has 0 aliphatic carbocycles. The maximum absolute atomic E-state index is 11.4. The van der Waals surface area contributed by atoms with Gasteiger partial charge < -0.3 is 4.98 Å². The quantitative estimate of drug-likeness (QED) is 0.730. The van der Waals surface area contributed by atoms with Crippen LogP contribution < -0.4 is 5.56 Å². The smallest absolute Gasteiger partial charge is 0.259 e. The maximum Gasteiger partial charge on any atom is 0.259 e. The van der Waals surface area contributed by atoms with Gasteiger partial charge >= 0.3 is 0 Å². The number of rotatable bonds is 0. The molecule has 0 aromatic carbocycles. The van der Waals surface area contributed by atoms with E-state index in [0.717, 1.165) is 0 Å². The van der Waals surface area contributed by atoms with E-state index in [1.165, 1.54) is 12.3 Å². The predicted octanol–water partition coefficient (Wildman–Crippen LogP) is 2.88. The van der Waals surface area contributed by atoms with Crippen LogP contribution in [0.4, 0.5) is 0 Å². The number of H-pyrrole nitrogens is 1. The third-order valence-corrected chi connectivity index (χ3v) is 2.54. The van der Waals surface area contributed by atoms with Gasteiger partial charge in [-0.05, 0) is 6.07 Å². The topological polar surface area (TPSA) is 45.8 Å². The zero-order valence-electron chi connectivity index (χ0n) is 6.64. The van der Waals surface area contributed by atoms with Gasteiger partial charge in [0.05, 0.1) is 10.4 Å². The molecule has 2 aromatic rings. The first-order chi connectivity index (χ1) is 6.59. The van der Waals surface area contributed by atoms with Gasteiger partial charge in [-0.15, -0.1) is 0 Å². The minimum atomic E-state index is -0.335. The number of aromatic nitrogens is 2. The zero-order valence-corrected chi connectivity index (χ0v) is 8.91. The van der Waals surface area contributed by atoms with Crippen molar-refractivity contribution in [2.75, 3.05) is 0 Å². The molecule has 6 heteroatoms. The highest BCUT2D eigenvalue weighted by molar-refractivity contribution is 6.40. The highest BCUT2D eigenvalue weighted by Gasteiger charge is 2.09. The molecule has 0 aliphatic rings.